The molecule has 1 aromatic heterocycles. The van der Waals surface area contributed by atoms with Crippen LogP contribution in [-0.2, 0) is 0 Å². The fourth-order valence-corrected chi connectivity index (χ4v) is 1.33. The summed E-state index contributed by atoms with van der Waals surface area (Å²) in [5.41, 5.74) is 10.8. The molecule has 0 bridgehead atoms. The van der Waals surface area contributed by atoms with Crippen molar-refractivity contribution in [2.24, 2.45) is 5.73 Å². The van der Waals surface area contributed by atoms with Gasteiger partial charge in [-0.2, -0.15) is 0 Å². The molecule has 0 aliphatic carbocycles. The van der Waals surface area contributed by atoms with Gasteiger partial charge < -0.3 is 10.7 Å². The van der Waals surface area contributed by atoms with Crippen molar-refractivity contribution >= 4 is 0 Å². The molecular formula is C9H16N2. The Balaban J connectivity index is 3.19. The number of hydrogen-bond donors (Lipinski definition) is 2. The zero-order valence-electron chi connectivity index (χ0n) is 7.65. The van der Waals surface area contributed by atoms with Gasteiger partial charge in [0.25, 0.3) is 0 Å². The molecule has 1 aromatic rings. The first kappa shape index (κ1) is 8.34. The van der Waals surface area contributed by atoms with Crippen molar-refractivity contribution in [1.82, 2.24) is 4.98 Å². The Labute approximate surface area is 67.8 Å². The molecule has 2 nitrogen and oxygen atoms in total. The second-order valence-electron chi connectivity index (χ2n) is 3.20. The van der Waals surface area contributed by atoms with Gasteiger partial charge in [-0.3, -0.25) is 0 Å². The van der Waals surface area contributed by atoms with Crippen molar-refractivity contribution in [2.75, 3.05) is 0 Å². The zero-order chi connectivity index (χ0) is 8.59. The fraction of sp³-hybridized carbons (Fsp3) is 0.556. The Morgan fingerprint density at radius 1 is 1.18 bits per heavy atom. The summed E-state index contributed by atoms with van der Waals surface area (Å²) in [5.74, 6) is 0. The van der Waals surface area contributed by atoms with E-state index in [1.54, 1.807) is 0 Å². The third-order valence-corrected chi connectivity index (χ3v) is 2.31. The van der Waals surface area contributed by atoms with E-state index in [0.717, 1.165) is 0 Å². The number of nitrogens with one attached hydrogen (secondary N) is 1. The smallest absolute Gasteiger partial charge is 0.0421 e. The highest BCUT2D eigenvalue weighted by atomic mass is 14.8. The van der Waals surface area contributed by atoms with Crippen molar-refractivity contribution in [3.05, 3.63) is 22.5 Å². The molecule has 3 N–H and O–H groups in total. The Hall–Kier alpha value is -0.760. The van der Waals surface area contributed by atoms with Crippen LogP contribution in [0.25, 0.3) is 0 Å². The summed E-state index contributed by atoms with van der Waals surface area (Å²) < 4.78 is 0. The Bertz CT molecular complexity index is 259. The molecular weight excluding hydrogens is 136 g/mol. The summed E-state index contributed by atoms with van der Waals surface area (Å²) in [4.78, 5) is 3.29. The standard InChI is InChI=1S/C9H16N2/c1-5-6(2)9(7(3)10)11-8(5)4/h7,11H,10H2,1-4H3/t7-/m0/s1. The molecule has 0 radical (unpaired) electrons. The topological polar surface area (TPSA) is 41.8 Å². The molecule has 11 heavy (non-hydrogen) atoms. The maximum absolute atomic E-state index is 5.77. The van der Waals surface area contributed by atoms with Crippen LogP contribution in [0.2, 0.25) is 0 Å². The predicted octanol–water partition coefficient (Wildman–Crippen LogP) is 1.96. The van der Waals surface area contributed by atoms with Gasteiger partial charge in [0.15, 0.2) is 0 Å². The average Bonchev–Trinajstić information content (AvgIpc) is 2.17. The maximum atomic E-state index is 5.77. The van der Waals surface area contributed by atoms with E-state index in [2.05, 4.69) is 25.8 Å². The minimum absolute atomic E-state index is 0.113. The SMILES string of the molecule is Cc1[nH]c([C@H](C)N)c(C)c1C. The highest BCUT2D eigenvalue weighted by Gasteiger charge is 2.09. The van der Waals surface area contributed by atoms with Gasteiger partial charge in [0, 0.05) is 17.4 Å². The lowest BCUT2D eigenvalue weighted by molar-refractivity contribution is 0.779. The number of nitrogens with two attached hydrogens (primary N) is 1. The number of hydrogen-bond acceptors (Lipinski definition) is 1. The molecule has 2 heteroatoms. The quantitative estimate of drug-likeness (QED) is 0.634. The molecule has 0 saturated heterocycles. The van der Waals surface area contributed by atoms with Crippen LogP contribution in [0.3, 0.4) is 0 Å². The highest BCUT2D eigenvalue weighted by Crippen LogP contribution is 2.20. The summed E-state index contributed by atoms with van der Waals surface area (Å²) in [6.07, 6.45) is 0. The average molecular weight is 152 g/mol. The van der Waals surface area contributed by atoms with Crippen molar-refractivity contribution in [2.45, 2.75) is 33.7 Å². The Kier molecular flexibility index (Phi) is 2.05. The van der Waals surface area contributed by atoms with Gasteiger partial charge in [-0.15, -0.1) is 0 Å². The van der Waals surface area contributed by atoms with Crippen LogP contribution in [0.5, 0.6) is 0 Å². The third kappa shape index (κ3) is 1.31. The lowest BCUT2D eigenvalue weighted by Crippen LogP contribution is -2.06. The zero-order valence-corrected chi connectivity index (χ0v) is 7.65. The van der Waals surface area contributed by atoms with Gasteiger partial charge in [0.2, 0.25) is 0 Å². The lowest BCUT2D eigenvalue weighted by atomic mass is 10.1. The van der Waals surface area contributed by atoms with E-state index < -0.39 is 0 Å². The van der Waals surface area contributed by atoms with Gasteiger partial charge >= 0.3 is 0 Å². The van der Waals surface area contributed by atoms with E-state index in [9.17, 15) is 0 Å². The van der Waals surface area contributed by atoms with Crippen LogP contribution < -0.4 is 5.73 Å². The summed E-state index contributed by atoms with van der Waals surface area (Å²) in [6.45, 7) is 8.30. The van der Waals surface area contributed by atoms with Gasteiger partial charge in [-0.05, 0) is 38.8 Å². The summed E-state index contributed by atoms with van der Waals surface area (Å²) in [7, 11) is 0. The largest absolute Gasteiger partial charge is 0.361 e. The molecule has 0 saturated carbocycles. The minimum atomic E-state index is 0.113. The Morgan fingerprint density at radius 2 is 1.73 bits per heavy atom. The number of aryl methyl sites for hydroxylation is 1. The first-order valence-electron chi connectivity index (χ1n) is 3.95. The molecule has 0 fully saturated rings. The van der Waals surface area contributed by atoms with E-state index in [1.165, 1.54) is 22.5 Å². The van der Waals surface area contributed by atoms with E-state index in [-0.39, 0.29) is 6.04 Å². The number of aromatic nitrogens is 1. The third-order valence-electron chi connectivity index (χ3n) is 2.31. The highest BCUT2D eigenvalue weighted by molar-refractivity contribution is 5.35. The first-order chi connectivity index (χ1) is 5.04. The van der Waals surface area contributed by atoms with Crippen LogP contribution in [0, 0.1) is 20.8 Å². The summed E-state index contributed by atoms with van der Waals surface area (Å²) in [6, 6.07) is 0.113. The van der Waals surface area contributed by atoms with Crippen LogP contribution >= 0.6 is 0 Å². The molecule has 0 aliphatic rings. The summed E-state index contributed by atoms with van der Waals surface area (Å²) in [5, 5.41) is 0. The number of H-pyrrole nitrogens is 1. The molecule has 1 heterocycles. The molecule has 0 aliphatic heterocycles. The van der Waals surface area contributed by atoms with Crippen LogP contribution in [0.1, 0.15) is 35.5 Å². The molecule has 0 unspecified atom stereocenters. The van der Waals surface area contributed by atoms with Crippen LogP contribution in [-0.4, -0.2) is 4.98 Å². The van der Waals surface area contributed by atoms with Gasteiger partial charge in [0.05, 0.1) is 0 Å². The summed E-state index contributed by atoms with van der Waals surface area (Å²) >= 11 is 0. The second kappa shape index (κ2) is 2.70. The first-order valence-corrected chi connectivity index (χ1v) is 3.95. The van der Waals surface area contributed by atoms with Gasteiger partial charge in [-0.25, -0.2) is 0 Å². The molecule has 62 valence electrons. The van der Waals surface area contributed by atoms with Crippen LogP contribution in [0.4, 0.5) is 0 Å². The predicted molar refractivity (Wildman–Crippen MR) is 47.6 cm³/mol. The van der Waals surface area contributed by atoms with Crippen LogP contribution in [0.15, 0.2) is 0 Å². The van der Waals surface area contributed by atoms with E-state index in [1.807, 2.05) is 6.92 Å². The molecule has 0 spiro atoms. The van der Waals surface area contributed by atoms with E-state index >= 15 is 0 Å². The lowest BCUT2D eigenvalue weighted by Gasteiger charge is -2.03. The van der Waals surface area contributed by atoms with Gasteiger partial charge in [0.1, 0.15) is 0 Å². The van der Waals surface area contributed by atoms with E-state index in [0.29, 0.717) is 0 Å². The molecule has 0 amide bonds. The van der Waals surface area contributed by atoms with Gasteiger partial charge in [-0.1, -0.05) is 0 Å². The molecule has 1 rings (SSSR count). The minimum Gasteiger partial charge on any atom is -0.361 e. The second-order valence-corrected chi connectivity index (χ2v) is 3.20. The molecule has 1 atom stereocenters. The Morgan fingerprint density at radius 3 is 1.91 bits per heavy atom. The van der Waals surface area contributed by atoms with Crippen molar-refractivity contribution in [1.29, 1.82) is 0 Å². The maximum Gasteiger partial charge on any atom is 0.0421 e. The van der Waals surface area contributed by atoms with Crippen molar-refractivity contribution in [3.8, 4) is 0 Å². The monoisotopic (exact) mass is 152 g/mol. The fourth-order valence-electron chi connectivity index (χ4n) is 1.33. The number of rotatable bonds is 1. The van der Waals surface area contributed by atoms with Crippen molar-refractivity contribution < 1.29 is 0 Å². The normalized spacial score (nSPS) is 13.5. The van der Waals surface area contributed by atoms with E-state index in [4.69, 9.17) is 5.73 Å². The number of aromatic amines is 1. The molecule has 0 aromatic carbocycles. The van der Waals surface area contributed by atoms with Crippen molar-refractivity contribution in [3.63, 3.8) is 0 Å².